The van der Waals surface area contributed by atoms with Crippen molar-refractivity contribution >= 4 is 6.08 Å². The van der Waals surface area contributed by atoms with Gasteiger partial charge in [-0.1, -0.05) is 57.5 Å². The summed E-state index contributed by atoms with van der Waals surface area (Å²) < 4.78 is 6.05. The van der Waals surface area contributed by atoms with Gasteiger partial charge in [0.2, 0.25) is 0 Å². The van der Waals surface area contributed by atoms with Gasteiger partial charge in [-0.05, 0) is 42.2 Å². The Morgan fingerprint density at radius 2 is 1.89 bits per heavy atom. The van der Waals surface area contributed by atoms with Gasteiger partial charge in [0.25, 0.3) is 0 Å². The molecule has 1 saturated carbocycles. The SMILES string of the molecule is CC(C)[C@@H]1CC[C@@H](C)C[C@H]1O/C=C\c1ccccc1. The molecule has 1 aromatic carbocycles. The van der Waals surface area contributed by atoms with Crippen LogP contribution >= 0.6 is 0 Å². The summed E-state index contributed by atoms with van der Waals surface area (Å²) in [4.78, 5) is 0. The molecule has 1 aromatic rings. The molecule has 0 aliphatic heterocycles. The van der Waals surface area contributed by atoms with E-state index in [1.54, 1.807) is 0 Å². The number of benzene rings is 1. The van der Waals surface area contributed by atoms with Crippen LogP contribution in [0.4, 0.5) is 0 Å². The largest absolute Gasteiger partial charge is 0.498 e. The lowest BCUT2D eigenvalue weighted by Crippen LogP contribution is -2.33. The van der Waals surface area contributed by atoms with E-state index in [4.69, 9.17) is 4.74 Å². The van der Waals surface area contributed by atoms with Gasteiger partial charge in [0.05, 0.1) is 6.26 Å². The van der Waals surface area contributed by atoms with E-state index < -0.39 is 0 Å². The molecule has 0 bridgehead atoms. The van der Waals surface area contributed by atoms with Crippen molar-refractivity contribution in [3.8, 4) is 0 Å². The van der Waals surface area contributed by atoms with E-state index in [0.717, 1.165) is 5.92 Å². The van der Waals surface area contributed by atoms with E-state index >= 15 is 0 Å². The zero-order valence-electron chi connectivity index (χ0n) is 12.4. The van der Waals surface area contributed by atoms with Crippen molar-refractivity contribution in [3.63, 3.8) is 0 Å². The monoisotopic (exact) mass is 258 g/mol. The van der Waals surface area contributed by atoms with Crippen LogP contribution in [0.2, 0.25) is 0 Å². The second-order valence-electron chi connectivity index (χ2n) is 6.21. The topological polar surface area (TPSA) is 9.23 Å². The Labute approximate surface area is 117 Å². The molecule has 2 rings (SSSR count). The maximum Gasteiger partial charge on any atom is 0.101 e. The van der Waals surface area contributed by atoms with Gasteiger partial charge in [0.1, 0.15) is 6.10 Å². The lowest BCUT2D eigenvalue weighted by Gasteiger charge is -2.36. The third kappa shape index (κ3) is 4.12. The molecule has 0 unspecified atom stereocenters. The molecular weight excluding hydrogens is 232 g/mol. The Kier molecular flexibility index (Phi) is 5.07. The van der Waals surface area contributed by atoms with Crippen LogP contribution in [-0.2, 0) is 4.74 Å². The van der Waals surface area contributed by atoms with E-state index in [9.17, 15) is 0 Å². The van der Waals surface area contributed by atoms with Crippen LogP contribution in [0.1, 0.15) is 45.6 Å². The summed E-state index contributed by atoms with van der Waals surface area (Å²) in [6, 6.07) is 10.3. The molecular formula is C18H26O. The quantitative estimate of drug-likeness (QED) is 0.680. The maximum atomic E-state index is 6.05. The van der Waals surface area contributed by atoms with Crippen molar-refractivity contribution < 1.29 is 4.74 Å². The van der Waals surface area contributed by atoms with Crippen molar-refractivity contribution in [2.45, 2.75) is 46.1 Å². The van der Waals surface area contributed by atoms with Crippen LogP contribution in [0.5, 0.6) is 0 Å². The Morgan fingerprint density at radius 1 is 1.16 bits per heavy atom. The van der Waals surface area contributed by atoms with E-state index in [0.29, 0.717) is 17.9 Å². The fourth-order valence-corrected chi connectivity index (χ4v) is 3.05. The third-order valence-corrected chi connectivity index (χ3v) is 4.27. The summed E-state index contributed by atoms with van der Waals surface area (Å²) in [7, 11) is 0. The normalized spacial score (nSPS) is 27.9. The molecule has 0 heterocycles. The van der Waals surface area contributed by atoms with Gasteiger partial charge in [0, 0.05) is 0 Å². The summed E-state index contributed by atoms with van der Waals surface area (Å²) in [5, 5.41) is 0. The Hall–Kier alpha value is -1.24. The predicted molar refractivity (Wildman–Crippen MR) is 81.7 cm³/mol. The minimum absolute atomic E-state index is 0.392. The van der Waals surface area contributed by atoms with Crippen molar-refractivity contribution in [2.75, 3.05) is 0 Å². The number of hydrogen-bond donors (Lipinski definition) is 0. The molecule has 0 amide bonds. The zero-order valence-corrected chi connectivity index (χ0v) is 12.4. The molecule has 0 spiro atoms. The van der Waals surface area contributed by atoms with Gasteiger partial charge in [-0.2, -0.15) is 0 Å². The summed E-state index contributed by atoms with van der Waals surface area (Å²) >= 11 is 0. The van der Waals surface area contributed by atoms with Gasteiger partial charge < -0.3 is 4.74 Å². The van der Waals surface area contributed by atoms with Gasteiger partial charge in [-0.15, -0.1) is 0 Å². The Morgan fingerprint density at radius 3 is 2.58 bits per heavy atom. The molecule has 1 aliphatic carbocycles. The molecule has 1 heteroatoms. The molecule has 0 aromatic heterocycles. The first-order valence-corrected chi connectivity index (χ1v) is 7.54. The standard InChI is InChI=1S/C18H26O/c1-14(2)17-10-9-15(3)13-18(17)19-12-11-16-7-5-4-6-8-16/h4-8,11-12,14-15,17-18H,9-10,13H2,1-3H3/b12-11-/t15-,17+,18-/m1/s1. The summed E-state index contributed by atoms with van der Waals surface area (Å²) in [6.07, 6.45) is 8.21. The fourth-order valence-electron chi connectivity index (χ4n) is 3.05. The fraction of sp³-hybridized carbons (Fsp3) is 0.556. The summed E-state index contributed by atoms with van der Waals surface area (Å²) in [6.45, 7) is 6.98. The molecule has 1 aliphatic rings. The lowest BCUT2D eigenvalue weighted by atomic mass is 9.75. The highest BCUT2D eigenvalue weighted by molar-refractivity contribution is 5.47. The number of rotatable bonds is 4. The van der Waals surface area contributed by atoms with Crippen molar-refractivity contribution in [1.29, 1.82) is 0 Å². The van der Waals surface area contributed by atoms with Crippen LogP contribution in [0.25, 0.3) is 6.08 Å². The van der Waals surface area contributed by atoms with E-state index in [-0.39, 0.29) is 0 Å². The van der Waals surface area contributed by atoms with Crippen LogP contribution in [0, 0.1) is 17.8 Å². The molecule has 1 nitrogen and oxygen atoms in total. The van der Waals surface area contributed by atoms with E-state index in [1.165, 1.54) is 24.8 Å². The van der Waals surface area contributed by atoms with Crippen molar-refractivity contribution in [3.05, 3.63) is 42.2 Å². The highest BCUT2D eigenvalue weighted by Gasteiger charge is 2.31. The summed E-state index contributed by atoms with van der Waals surface area (Å²) in [5.74, 6) is 2.21. The molecule has 104 valence electrons. The molecule has 0 saturated heterocycles. The zero-order chi connectivity index (χ0) is 13.7. The predicted octanol–water partition coefficient (Wildman–Crippen LogP) is 5.13. The average molecular weight is 258 g/mol. The van der Waals surface area contributed by atoms with Crippen LogP contribution in [0.15, 0.2) is 36.6 Å². The molecule has 1 fully saturated rings. The lowest BCUT2D eigenvalue weighted by molar-refractivity contribution is 0.0145. The van der Waals surface area contributed by atoms with Crippen LogP contribution in [-0.4, -0.2) is 6.10 Å². The minimum Gasteiger partial charge on any atom is -0.498 e. The molecule has 0 N–H and O–H groups in total. The minimum atomic E-state index is 0.392. The second kappa shape index (κ2) is 6.79. The van der Waals surface area contributed by atoms with Gasteiger partial charge in [-0.25, -0.2) is 0 Å². The van der Waals surface area contributed by atoms with Crippen molar-refractivity contribution in [2.24, 2.45) is 17.8 Å². The third-order valence-electron chi connectivity index (χ3n) is 4.27. The Balaban J connectivity index is 1.94. The molecule has 3 atom stereocenters. The first-order valence-electron chi connectivity index (χ1n) is 7.54. The first-order chi connectivity index (χ1) is 9.16. The van der Waals surface area contributed by atoms with Gasteiger partial charge >= 0.3 is 0 Å². The highest BCUT2D eigenvalue weighted by atomic mass is 16.5. The molecule has 0 radical (unpaired) electrons. The maximum absolute atomic E-state index is 6.05. The van der Waals surface area contributed by atoms with E-state index in [2.05, 4.69) is 51.1 Å². The summed E-state index contributed by atoms with van der Waals surface area (Å²) in [5.41, 5.74) is 1.20. The second-order valence-corrected chi connectivity index (χ2v) is 6.21. The van der Waals surface area contributed by atoms with Crippen LogP contribution < -0.4 is 0 Å². The number of ether oxygens (including phenoxy) is 1. The number of hydrogen-bond acceptors (Lipinski definition) is 1. The smallest absolute Gasteiger partial charge is 0.101 e. The highest BCUT2D eigenvalue weighted by Crippen LogP contribution is 2.35. The molecule has 19 heavy (non-hydrogen) atoms. The van der Waals surface area contributed by atoms with E-state index in [1.807, 2.05) is 12.3 Å². The van der Waals surface area contributed by atoms with Gasteiger partial charge in [-0.3, -0.25) is 0 Å². The average Bonchev–Trinajstić information content (AvgIpc) is 2.39. The first kappa shape index (κ1) is 14.2. The van der Waals surface area contributed by atoms with Crippen molar-refractivity contribution in [1.82, 2.24) is 0 Å². The van der Waals surface area contributed by atoms with Gasteiger partial charge in [0.15, 0.2) is 0 Å². The Bertz CT molecular complexity index is 393. The van der Waals surface area contributed by atoms with Crippen LogP contribution in [0.3, 0.4) is 0 Å².